The van der Waals surface area contributed by atoms with E-state index in [1.807, 2.05) is 20.8 Å². The molecule has 1 amide bonds. The van der Waals surface area contributed by atoms with Crippen LogP contribution in [0.25, 0.3) is 0 Å². The van der Waals surface area contributed by atoms with Crippen LogP contribution >= 0.6 is 0 Å². The Bertz CT molecular complexity index is 413. The van der Waals surface area contributed by atoms with Crippen molar-refractivity contribution in [3.05, 3.63) is 0 Å². The summed E-state index contributed by atoms with van der Waals surface area (Å²) in [5.41, 5.74) is 6.03. The third-order valence-corrected chi connectivity index (χ3v) is 6.41. The largest absolute Gasteiger partial charge is 0.349 e. The van der Waals surface area contributed by atoms with E-state index in [1.165, 1.54) is 19.3 Å². The second-order valence-electron chi connectivity index (χ2n) is 9.02. The fraction of sp³-hybridized carbons (Fsp3) is 0.941. The zero-order valence-corrected chi connectivity index (χ0v) is 13.5. The van der Waals surface area contributed by atoms with Crippen LogP contribution in [0, 0.1) is 22.7 Å². The molecule has 20 heavy (non-hydrogen) atoms. The number of hydrogen-bond donors (Lipinski definition) is 2. The van der Waals surface area contributed by atoms with E-state index in [0.717, 1.165) is 31.1 Å². The summed E-state index contributed by atoms with van der Waals surface area (Å²) in [7, 11) is 0. The van der Waals surface area contributed by atoms with Crippen LogP contribution in [-0.2, 0) is 4.79 Å². The molecule has 0 saturated heterocycles. The summed E-state index contributed by atoms with van der Waals surface area (Å²) in [6.45, 7) is 8.46. The van der Waals surface area contributed by atoms with Gasteiger partial charge in [-0.25, -0.2) is 0 Å². The lowest BCUT2D eigenvalue weighted by atomic mass is 9.44. The molecule has 3 unspecified atom stereocenters. The van der Waals surface area contributed by atoms with Crippen molar-refractivity contribution >= 4 is 5.91 Å². The Kier molecular flexibility index (Phi) is 3.03. The zero-order chi connectivity index (χ0) is 14.8. The second-order valence-corrected chi connectivity index (χ2v) is 9.02. The Morgan fingerprint density at radius 1 is 1.25 bits per heavy atom. The molecule has 3 heteroatoms. The molecule has 4 aliphatic carbocycles. The van der Waals surface area contributed by atoms with Gasteiger partial charge in [0.05, 0.1) is 5.41 Å². The summed E-state index contributed by atoms with van der Waals surface area (Å²) in [4.78, 5) is 13.0. The smallest absolute Gasteiger partial charge is 0.226 e. The van der Waals surface area contributed by atoms with E-state index in [4.69, 9.17) is 5.73 Å². The van der Waals surface area contributed by atoms with Crippen molar-refractivity contribution in [1.29, 1.82) is 0 Å². The van der Waals surface area contributed by atoms with Gasteiger partial charge in [0.1, 0.15) is 0 Å². The zero-order valence-electron chi connectivity index (χ0n) is 13.5. The van der Waals surface area contributed by atoms with Crippen LogP contribution in [0.2, 0.25) is 0 Å². The van der Waals surface area contributed by atoms with Gasteiger partial charge in [0.25, 0.3) is 0 Å². The first kappa shape index (κ1) is 14.4. The lowest BCUT2D eigenvalue weighted by Gasteiger charge is -2.60. The molecule has 0 aromatic carbocycles. The van der Waals surface area contributed by atoms with Crippen molar-refractivity contribution in [3.8, 4) is 0 Å². The lowest BCUT2D eigenvalue weighted by molar-refractivity contribution is -0.157. The molecule has 4 saturated carbocycles. The molecule has 0 aromatic rings. The number of rotatable bonds is 3. The first-order valence-electron chi connectivity index (χ1n) is 8.22. The highest BCUT2D eigenvalue weighted by molar-refractivity contribution is 5.84. The molecule has 4 bridgehead atoms. The summed E-state index contributed by atoms with van der Waals surface area (Å²) in [5, 5.41) is 3.27. The van der Waals surface area contributed by atoms with E-state index >= 15 is 0 Å². The first-order valence-corrected chi connectivity index (χ1v) is 8.22. The predicted octanol–water partition coefficient (Wildman–Crippen LogP) is 2.83. The number of nitrogens with one attached hydrogen (secondary N) is 1. The average Bonchev–Trinajstić information content (AvgIpc) is 2.24. The van der Waals surface area contributed by atoms with E-state index in [-0.39, 0.29) is 22.9 Å². The molecular weight excluding hydrogens is 248 g/mol. The molecular formula is C17H30N2O. The normalized spacial score (nSPS) is 44.5. The van der Waals surface area contributed by atoms with Crippen LogP contribution in [0.4, 0.5) is 0 Å². The van der Waals surface area contributed by atoms with Crippen LogP contribution < -0.4 is 11.1 Å². The number of carbonyl (C=O) groups excluding carboxylic acids is 1. The summed E-state index contributed by atoms with van der Waals surface area (Å²) >= 11 is 0. The molecule has 0 heterocycles. The van der Waals surface area contributed by atoms with Crippen LogP contribution in [-0.4, -0.2) is 17.5 Å². The van der Waals surface area contributed by atoms with Crippen molar-refractivity contribution in [2.75, 3.05) is 0 Å². The van der Waals surface area contributed by atoms with Gasteiger partial charge < -0.3 is 11.1 Å². The number of nitrogens with two attached hydrogens (primary N) is 1. The highest BCUT2D eigenvalue weighted by Gasteiger charge is 2.59. The van der Waals surface area contributed by atoms with Crippen molar-refractivity contribution in [1.82, 2.24) is 5.32 Å². The lowest BCUT2D eigenvalue weighted by Crippen LogP contribution is -2.62. The highest BCUT2D eigenvalue weighted by atomic mass is 16.2. The van der Waals surface area contributed by atoms with Gasteiger partial charge in [-0.2, -0.15) is 0 Å². The van der Waals surface area contributed by atoms with Crippen molar-refractivity contribution < 1.29 is 4.79 Å². The number of amides is 1. The minimum atomic E-state index is -0.318. The van der Waals surface area contributed by atoms with Gasteiger partial charge in [-0.1, -0.05) is 6.92 Å². The van der Waals surface area contributed by atoms with E-state index in [1.54, 1.807) is 0 Å². The van der Waals surface area contributed by atoms with Gasteiger partial charge in [0.2, 0.25) is 5.91 Å². The van der Waals surface area contributed by atoms with Gasteiger partial charge in [-0.3, -0.25) is 4.79 Å². The summed E-state index contributed by atoms with van der Waals surface area (Å²) in [5.74, 6) is 1.84. The fourth-order valence-corrected chi connectivity index (χ4v) is 5.53. The minimum Gasteiger partial charge on any atom is -0.349 e. The SMILES string of the molecule is CC(N)C(C)(C)NC(=O)C12CC3CC(CC(C)(C3)C1)C2. The van der Waals surface area contributed by atoms with E-state index in [9.17, 15) is 4.79 Å². The third-order valence-electron chi connectivity index (χ3n) is 6.41. The average molecular weight is 278 g/mol. The Hall–Kier alpha value is -0.570. The van der Waals surface area contributed by atoms with E-state index < -0.39 is 0 Å². The molecule has 0 aliphatic heterocycles. The molecule has 4 fully saturated rings. The van der Waals surface area contributed by atoms with Crippen LogP contribution in [0.5, 0.6) is 0 Å². The Labute approximate surface area is 123 Å². The second kappa shape index (κ2) is 4.22. The molecule has 0 spiro atoms. The quantitative estimate of drug-likeness (QED) is 0.834. The van der Waals surface area contributed by atoms with Gasteiger partial charge in [0.15, 0.2) is 0 Å². The summed E-state index contributed by atoms with van der Waals surface area (Å²) < 4.78 is 0. The van der Waals surface area contributed by atoms with Crippen molar-refractivity contribution in [3.63, 3.8) is 0 Å². The van der Waals surface area contributed by atoms with Gasteiger partial charge in [0, 0.05) is 11.6 Å². The maximum atomic E-state index is 13.0. The summed E-state index contributed by atoms with van der Waals surface area (Å²) in [6.07, 6.45) is 7.36. The number of hydrogen-bond acceptors (Lipinski definition) is 2. The third kappa shape index (κ3) is 2.18. The Morgan fingerprint density at radius 2 is 1.80 bits per heavy atom. The monoisotopic (exact) mass is 278 g/mol. The van der Waals surface area contributed by atoms with Crippen LogP contribution in [0.15, 0.2) is 0 Å². The molecule has 114 valence electrons. The Morgan fingerprint density at radius 3 is 2.25 bits per heavy atom. The molecule has 4 aliphatic rings. The maximum Gasteiger partial charge on any atom is 0.226 e. The molecule has 4 rings (SSSR count). The molecule has 0 radical (unpaired) electrons. The predicted molar refractivity (Wildman–Crippen MR) is 81.1 cm³/mol. The van der Waals surface area contributed by atoms with Crippen molar-refractivity contribution in [2.24, 2.45) is 28.4 Å². The molecule has 0 aromatic heterocycles. The molecule has 3 atom stereocenters. The fourth-order valence-electron chi connectivity index (χ4n) is 5.53. The summed E-state index contributed by atoms with van der Waals surface area (Å²) in [6, 6.07) is -0.0315. The topological polar surface area (TPSA) is 55.1 Å². The van der Waals surface area contributed by atoms with Gasteiger partial charge >= 0.3 is 0 Å². The van der Waals surface area contributed by atoms with Gasteiger partial charge in [-0.15, -0.1) is 0 Å². The van der Waals surface area contributed by atoms with Crippen LogP contribution in [0.1, 0.15) is 66.2 Å². The van der Waals surface area contributed by atoms with Crippen molar-refractivity contribution in [2.45, 2.75) is 77.8 Å². The van der Waals surface area contributed by atoms with E-state index in [2.05, 4.69) is 12.2 Å². The number of carbonyl (C=O) groups is 1. The van der Waals surface area contributed by atoms with E-state index in [0.29, 0.717) is 5.41 Å². The molecule has 3 nitrogen and oxygen atoms in total. The standard InChI is InChI=1S/C17H30N2O/c1-11(18)15(2,3)19-14(20)17-8-12-5-13(9-17)7-16(4,6-12)10-17/h11-13H,5-10,18H2,1-4H3,(H,19,20). The highest BCUT2D eigenvalue weighted by Crippen LogP contribution is 2.65. The molecule has 3 N–H and O–H groups in total. The van der Waals surface area contributed by atoms with Crippen LogP contribution in [0.3, 0.4) is 0 Å². The minimum absolute atomic E-state index is 0.0315. The maximum absolute atomic E-state index is 13.0. The Balaban J connectivity index is 1.81. The first-order chi connectivity index (χ1) is 9.14. The van der Waals surface area contributed by atoms with Gasteiger partial charge in [-0.05, 0) is 76.5 Å².